The number of nitrogens with one attached hydrogen (secondary N) is 1. The number of fused-ring (bicyclic) bond motifs is 1. The second-order valence-electron chi connectivity index (χ2n) is 5.92. The Labute approximate surface area is 120 Å². The molecule has 1 aliphatic heterocycles. The topological polar surface area (TPSA) is 19.0 Å². The number of H-pyrrole nitrogens is 1. The average molecular weight is 274 g/mol. The lowest BCUT2D eigenvalue weighted by molar-refractivity contribution is 0.226. The van der Waals surface area contributed by atoms with Crippen LogP contribution in [-0.2, 0) is 6.42 Å². The van der Waals surface area contributed by atoms with Gasteiger partial charge in [-0.05, 0) is 76.0 Å². The molecular formula is C17H23FN2. The lowest BCUT2D eigenvalue weighted by atomic mass is 10.0. The maximum Gasteiger partial charge on any atom is 0.125 e. The Bertz CT molecular complexity index is 582. The molecule has 0 amide bonds. The summed E-state index contributed by atoms with van der Waals surface area (Å²) in [6, 6.07) is 5.06. The predicted molar refractivity (Wildman–Crippen MR) is 81.6 cm³/mol. The minimum Gasteiger partial charge on any atom is -0.358 e. The van der Waals surface area contributed by atoms with E-state index < -0.39 is 0 Å². The molecule has 2 heterocycles. The molecule has 0 aliphatic carbocycles. The maximum absolute atomic E-state index is 13.2. The summed E-state index contributed by atoms with van der Waals surface area (Å²) in [5, 5.41) is 1.18. The molecule has 0 atom stereocenters. The fourth-order valence-electron chi connectivity index (χ4n) is 3.35. The molecule has 2 aromatic rings. The molecule has 1 fully saturated rings. The van der Waals surface area contributed by atoms with Crippen LogP contribution in [0, 0.1) is 12.7 Å². The van der Waals surface area contributed by atoms with Crippen LogP contribution in [0.5, 0.6) is 0 Å². The van der Waals surface area contributed by atoms with Crippen molar-refractivity contribution in [2.24, 2.45) is 0 Å². The molecule has 0 unspecified atom stereocenters. The zero-order valence-corrected chi connectivity index (χ0v) is 12.2. The molecule has 0 bridgehead atoms. The summed E-state index contributed by atoms with van der Waals surface area (Å²) >= 11 is 0. The number of benzene rings is 1. The van der Waals surface area contributed by atoms with Gasteiger partial charge in [0.15, 0.2) is 0 Å². The zero-order chi connectivity index (χ0) is 13.9. The van der Waals surface area contributed by atoms with E-state index in [-0.39, 0.29) is 5.82 Å². The van der Waals surface area contributed by atoms with Crippen molar-refractivity contribution < 1.29 is 4.39 Å². The van der Waals surface area contributed by atoms with E-state index in [1.165, 1.54) is 62.0 Å². The minimum atomic E-state index is -0.168. The van der Waals surface area contributed by atoms with Crippen molar-refractivity contribution in [1.82, 2.24) is 9.88 Å². The second kappa shape index (κ2) is 5.96. The number of halogens is 1. The molecule has 2 nitrogen and oxygen atoms in total. The van der Waals surface area contributed by atoms with E-state index in [1.54, 1.807) is 12.1 Å². The number of nitrogens with zero attached hydrogens (tertiary/aromatic N) is 1. The van der Waals surface area contributed by atoms with Crippen LogP contribution in [0.4, 0.5) is 4.39 Å². The smallest absolute Gasteiger partial charge is 0.125 e. The molecule has 20 heavy (non-hydrogen) atoms. The van der Waals surface area contributed by atoms with E-state index in [9.17, 15) is 4.39 Å². The van der Waals surface area contributed by atoms with Crippen LogP contribution < -0.4 is 0 Å². The van der Waals surface area contributed by atoms with Gasteiger partial charge < -0.3 is 9.88 Å². The molecule has 0 radical (unpaired) electrons. The molecule has 1 aromatic heterocycles. The Kier molecular flexibility index (Phi) is 4.06. The molecule has 3 heteroatoms. The number of hydrogen-bond donors (Lipinski definition) is 1. The zero-order valence-electron chi connectivity index (χ0n) is 12.2. The van der Waals surface area contributed by atoms with E-state index in [1.807, 2.05) is 6.07 Å². The van der Waals surface area contributed by atoms with Crippen LogP contribution in [0.15, 0.2) is 18.2 Å². The number of aryl methyl sites for hydroxylation is 2. The van der Waals surface area contributed by atoms with E-state index in [4.69, 9.17) is 0 Å². The first-order valence-electron chi connectivity index (χ1n) is 7.73. The average Bonchev–Trinajstić information content (AvgIpc) is 2.75. The van der Waals surface area contributed by atoms with E-state index in [0.717, 1.165) is 11.9 Å². The highest BCUT2D eigenvalue weighted by Gasteiger charge is 2.12. The number of likely N-dealkylation sites (tertiary alicyclic amines) is 1. The van der Waals surface area contributed by atoms with Crippen LogP contribution in [0.25, 0.3) is 10.9 Å². The van der Waals surface area contributed by atoms with Crippen molar-refractivity contribution in [3.63, 3.8) is 0 Å². The van der Waals surface area contributed by atoms with Gasteiger partial charge in [0.05, 0.1) is 0 Å². The molecule has 108 valence electrons. The van der Waals surface area contributed by atoms with Crippen molar-refractivity contribution in [3.05, 3.63) is 35.3 Å². The normalized spacial score (nSPS) is 16.9. The van der Waals surface area contributed by atoms with E-state index in [0.29, 0.717) is 0 Å². The Balaban J connectivity index is 1.66. The van der Waals surface area contributed by atoms with Crippen LogP contribution in [-0.4, -0.2) is 29.5 Å². The first-order valence-corrected chi connectivity index (χ1v) is 7.73. The van der Waals surface area contributed by atoms with Crippen molar-refractivity contribution >= 4 is 10.9 Å². The van der Waals surface area contributed by atoms with Gasteiger partial charge in [-0.2, -0.15) is 0 Å². The van der Waals surface area contributed by atoms with E-state index >= 15 is 0 Å². The van der Waals surface area contributed by atoms with Crippen LogP contribution in [0.1, 0.15) is 36.9 Å². The third-order valence-electron chi connectivity index (χ3n) is 4.43. The number of hydrogen-bond acceptors (Lipinski definition) is 1. The molecule has 0 spiro atoms. The van der Waals surface area contributed by atoms with Crippen molar-refractivity contribution in [2.45, 2.75) is 39.0 Å². The van der Waals surface area contributed by atoms with Gasteiger partial charge in [-0.1, -0.05) is 6.42 Å². The fraction of sp³-hybridized carbons (Fsp3) is 0.529. The third-order valence-corrected chi connectivity index (χ3v) is 4.43. The highest BCUT2D eigenvalue weighted by Crippen LogP contribution is 2.24. The molecule has 1 N–H and O–H groups in total. The summed E-state index contributed by atoms with van der Waals surface area (Å²) in [6.07, 6.45) is 6.36. The molecule has 0 saturated carbocycles. The summed E-state index contributed by atoms with van der Waals surface area (Å²) in [6.45, 7) is 5.80. The van der Waals surface area contributed by atoms with Gasteiger partial charge in [-0.3, -0.25) is 0 Å². The number of piperidine rings is 1. The Morgan fingerprint density at radius 1 is 1.20 bits per heavy atom. The highest BCUT2D eigenvalue weighted by atomic mass is 19.1. The van der Waals surface area contributed by atoms with Gasteiger partial charge in [0.25, 0.3) is 0 Å². The van der Waals surface area contributed by atoms with Crippen LogP contribution >= 0.6 is 0 Å². The number of aromatic nitrogens is 1. The van der Waals surface area contributed by atoms with E-state index in [2.05, 4.69) is 16.8 Å². The molecule has 1 aromatic carbocycles. The summed E-state index contributed by atoms with van der Waals surface area (Å²) in [5.41, 5.74) is 3.47. The fourth-order valence-corrected chi connectivity index (χ4v) is 3.35. The summed E-state index contributed by atoms with van der Waals surface area (Å²) in [5.74, 6) is -0.168. The first kappa shape index (κ1) is 13.6. The Morgan fingerprint density at radius 3 is 2.80 bits per heavy atom. The van der Waals surface area contributed by atoms with Crippen LogP contribution in [0.3, 0.4) is 0 Å². The van der Waals surface area contributed by atoms with Crippen LogP contribution in [0.2, 0.25) is 0 Å². The number of aromatic amines is 1. The lowest BCUT2D eigenvalue weighted by Crippen LogP contribution is -2.30. The van der Waals surface area contributed by atoms with Gasteiger partial charge in [0, 0.05) is 16.6 Å². The largest absolute Gasteiger partial charge is 0.358 e. The summed E-state index contributed by atoms with van der Waals surface area (Å²) in [7, 11) is 0. The Morgan fingerprint density at radius 2 is 2.00 bits per heavy atom. The van der Waals surface area contributed by atoms with Gasteiger partial charge in [0.2, 0.25) is 0 Å². The number of rotatable bonds is 4. The lowest BCUT2D eigenvalue weighted by Gasteiger charge is -2.26. The molecule has 1 saturated heterocycles. The van der Waals surface area contributed by atoms with Gasteiger partial charge >= 0.3 is 0 Å². The third kappa shape index (κ3) is 2.88. The highest BCUT2D eigenvalue weighted by molar-refractivity contribution is 5.84. The SMILES string of the molecule is Cc1[nH]c2cc(F)ccc2c1CCCN1CCCCC1. The van der Waals surface area contributed by atoms with Crippen molar-refractivity contribution in [1.29, 1.82) is 0 Å². The van der Waals surface area contributed by atoms with Crippen molar-refractivity contribution in [3.8, 4) is 0 Å². The first-order chi connectivity index (χ1) is 9.74. The van der Waals surface area contributed by atoms with Gasteiger partial charge in [-0.15, -0.1) is 0 Å². The Hall–Kier alpha value is -1.35. The second-order valence-corrected chi connectivity index (χ2v) is 5.92. The van der Waals surface area contributed by atoms with Crippen molar-refractivity contribution in [2.75, 3.05) is 19.6 Å². The van der Waals surface area contributed by atoms with Gasteiger partial charge in [-0.25, -0.2) is 4.39 Å². The quantitative estimate of drug-likeness (QED) is 0.891. The molecule has 1 aliphatic rings. The standard InChI is InChI=1S/C17H23FN2/c1-13-15(6-5-11-20-9-3-2-4-10-20)16-8-7-14(18)12-17(16)19-13/h7-8,12,19H,2-6,9-11H2,1H3. The summed E-state index contributed by atoms with van der Waals surface area (Å²) in [4.78, 5) is 5.88. The monoisotopic (exact) mass is 274 g/mol. The summed E-state index contributed by atoms with van der Waals surface area (Å²) < 4.78 is 13.2. The molecular weight excluding hydrogens is 251 g/mol. The minimum absolute atomic E-state index is 0.168. The predicted octanol–water partition coefficient (Wildman–Crippen LogP) is 4.03. The maximum atomic E-state index is 13.2. The van der Waals surface area contributed by atoms with Gasteiger partial charge in [0.1, 0.15) is 5.82 Å². The molecule has 3 rings (SSSR count).